The second-order valence-corrected chi connectivity index (χ2v) is 7.06. The number of unbranched alkanes of at least 4 members (excludes halogenated alkanes) is 2. The summed E-state index contributed by atoms with van der Waals surface area (Å²) >= 11 is 0. The van der Waals surface area contributed by atoms with Crippen LogP contribution in [0.3, 0.4) is 0 Å². The molecule has 3 amide bonds. The van der Waals surface area contributed by atoms with Crippen LogP contribution < -0.4 is 11.1 Å². The Kier molecular flexibility index (Phi) is 13.9. The van der Waals surface area contributed by atoms with E-state index < -0.39 is 12.5 Å². The van der Waals surface area contributed by atoms with Gasteiger partial charge in [0.1, 0.15) is 6.61 Å². The molecular formula is C21H34ClN3O4. The Morgan fingerprint density at radius 1 is 1.14 bits per heavy atom. The SMILES string of the molecule is CCCCCN(C(=O)CO)C(=O)CCC(C)CNC(=O)c1ccc(CN)cc1.Cl. The molecule has 4 N–H and O–H groups in total. The third-order valence-electron chi connectivity index (χ3n) is 4.64. The number of amides is 3. The van der Waals surface area contributed by atoms with Gasteiger partial charge in [0.25, 0.3) is 11.8 Å². The van der Waals surface area contributed by atoms with Crippen LogP contribution in [0.2, 0.25) is 0 Å². The van der Waals surface area contributed by atoms with Gasteiger partial charge in [-0.1, -0.05) is 38.8 Å². The van der Waals surface area contributed by atoms with Gasteiger partial charge in [0.05, 0.1) is 0 Å². The van der Waals surface area contributed by atoms with E-state index in [0.29, 0.717) is 31.6 Å². The van der Waals surface area contributed by atoms with Crippen molar-refractivity contribution in [2.45, 2.75) is 52.5 Å². The first-order chi connectivity index (χ1) is 13.4. The lowest BCUT2D eigenvalue weighted by atomic mass is 10.0. The molecule has 0 aliphatic rings. The minimum atomic E-state index is -0.660. The van der Waals surface area contributed by atoms with E-state index in [-0.39, 0.29) is 36.6 Å². The molecule has 1 atom stereocenters. The molecule has 0 bridgehead atoms. The summed E-state index contributed by atoms with van der Waals surface area (Å²) in [6.07, 6.45) is 3.41. The molecule has 0 fully saturated rings. The van der Waals surface area contributed by atoms with Crippen molar-refractivity contribution >= 4 is 30.1 Å². The highest BCUT2D eigenvalue weighted by atomic mass is 35.5. The minimum Gasteiger partial charge on any atom is -0.387 e. The fraction of sp³-hybridized carbons (Fsp3) is 0.571. The van der Waals surface area contributed by atoms with Crippen molar-refractivity contribution in [3.63, 3.8) is 0 Å². The Morgan fingerprint density at radius 3 is 2.34 bits per heavy atom. The zero-order chi connectivity index (χ0) is 20.9. The van der Waals surface area contributed by atoms with Gasteiger partial charge in [-0.2, -0.15) is 0 Å². The smallest absolute Gasteiger partial charge is 0.254 e. The molecule has 1 rings (SSSR count). The summed E-state index contributed by atoms with van der Waals surface area (Å²) in [5, 5.41) is 11.9. The number of hydrogen-bond acceptors (Lipinski definition) is 5. The minimum absolute atomic E-state index is 0. The maximum Gasteiger partial charge on any atom is 0.254 e. The highest BCUT2D eigenvalue weighted by Gasteiger charge is 2.20. The number of halogens is 1. The average Bonchev–Trinajstić information content (AvgIpc) is 2.72. The quantitative estimate of drug-likeness (QED) is 0.443. The van der Waals surface area contributed by atoms with E-state index in [9.17, 15) is 14.4 Å². The largest absolute Gasteiger partial charge is 0.387 e. The molecule has 0 aliphatic heterocycles. The Balaban J connectivity index is 0.00000784. The molecule has 0 radical (unpaired) electrons. The number of nitrogens with one attached hydrogen (secondary N) is 1. The van der Waals surface area contributed by atoms with Crippen LogP contribution in [0.5, 0.6) is 0 Å². The van der Waals surface area contributed by atoms with Crippen molar-refractivity contribution in [2.75, 3.05) is 19.7 Å². The lowest BCUT2D eigenvalue weighted by molar-refractivity contribution is -0.146. The summed E-state index contributed by atoms with van der Waals surface area (Å²) in [5.41, 5.74) is 7.08. The average molecular weight is 428 g/mol. The zero-order valence-electron chi connectivity index (χ0n) is 17.4. The third-order valence-corrected chi connectivity index (χ3v) is 4.64. The summed E-state index contributed by atoms with van der Waals surface area (Å²) in [4.78, 5) is 37.5. The zero-order valence-corrected chi connectivity index (χ0v) is 18.2. The summed E-state index contributed by atoms with van der Waals surface area (Å²) in [7, 11) is 0. The molecule has 29 heavy (non-hydrogen) atoms. The van der Waals surface area contributed by atoms with Crippen molar-refractivity contribution in [1.82, 2.24) is 10.2 Å². The fourth-order valence-electron chi connectivity index (χ4n) is 2.76. The van der Waals surface area contributed by atoms with Gasteiger partial charge in [-0.15, -0.1) is 12.4 Å². The number of rotatable bonds is 12. The lowest BCUT2D eigenvalue weighted by Gasteiger charge is -2.21. The van der Waals surface area contributed by atoms with Crippen LogP contribution in [0.15, 0.2) is 24.3 Å². The normalized spacial score (nSPS) is 11.3. The first-order valence-corrected chi connectivity index (χ1v) is 9.94. The maximum atomic E-state index is 12.4. The number of nitrogens with zero attached hydrogens (tertiary/aromatic N) is 1. The van der Waals surface area contributed by atoms with E-state index in [2.05, 4.69) is 5.32 Å². The van der Waals surface area contributed by atoms with Crippen LogP contribution >= 0.6 is 12.4 Å². The summed E-state index contributed by atoms with van der Waals surface area (Å²) in [6.45, 7) is 4.54. The third kappa shape index (κ3) is 9.87. The number of imide groups is 1. The highest BCUT2D eigenvalue weighted by Crippen LogP contribution is 2.10. The van der Waals surface area contributed by atoms with E-state index in [0.717, 1.165) is 29.7 Å². The predicted octanol–water partition coefficient (Wildman–Crippen LogP) is 2.25. The molecular weight excluding hydrogens is 394 g/mol. The van der Waals surface area contributed by atoms with E-state index in [1.54, 1.807) is 12.1 Å². The number of aliphatic hydroxyl groups excluding tert-OH is 1. The van der Waals surface area contributed by atoms with E-state index in [4.69, 9.17) is 10.8 Å². The molecule has 1 aromatic rings. The van der Waals surface area contributed by atoms with Crippen molar-refractivity contribution < 1.29 is 19.5 Å². The van der Waals surface area contributed by atoms with Gasteiger partial charge in [-0.25, -0.2) is 0 Å². The highest BCUT2D eigenvalue weighted by molar-refractivity contribution is 5.96. The van der Waals surface area contributed by atoms with Gasteiger partial charge in [0, 0.05) is 31.6 Å². The summed E-state index contributed by atoms with van der Waals surface area (Å²) in [5.74, 6) is -0.912. The predicted molar refractivity (Wildman–Crippen MR) is 116 cm³/mol. The van der Waals surface area contributed by atoms with Crippen molar-refractivity contribution in [1.29, 1.82) is 0 Å². The number of nitrogens with two attached hydrogens (primary N) is 1. The molecule has 7 nitrogen and oxygen atoms in total. The number of benzene rings is 1. The fourth-order valence-corrected chi connectivity index (χ4v) is 2.76. The van der Waals surface area contributed by atoms with Crippen LogP contribution in [0, 0.1) is 5.92 Å². The molecule has 0 saturated carbocycles. The Labute approximate surface area is 179 Å². The van der Waals surface area contributed by atoms with Crippen LogP contribution in [0.25, 0.3) is 0 Å². The molecule has 0 saturated heterocycles. The van der Waals surface area contributed by atoms with Crippen molar-refractivity contribution in [3.05, 3.63) is 35.4 Å². The first-order valence-electron chi connectivity index (χ1n) is 9.94. The number of carbonyl (C=O) groups is 3. The van der Waals surface area contributed by atoms with Crippen LogP contribution in [-0.4, -0.2) is 47.4 Å². The summed E-state index contributed by atoms with van der Waals surface area (Å²) < 4.78 is 0. The molecule has 1 aromatic carbocycles. The van der Waals surface area contributed by atoms with Gasteiger partial charge < -0.3 is 16.2 Å². The van der Waals surface area contributed by atoms with E-state index in [1.807, 2.05) is 26.0 Å². The standard InChI is InChI=1S/C21H33N3O4.ClH/c1-3-4-5-12-24(20(27)15-25)19(26)11-6-16(2)14-23-21(28)18-9-7-17(13-22)8-10-18;/h7-10,16,25H,3-6,11-15,22H2,1-2H3,(H,23,28);1H. The topological polar surface area (TPSA) is 113 Å². The molecule has 0 spiro atoms. The summed E-state index contributed by atoms with van der Waals surface area (Å²) in [6, 6.07) is 7.12. The lowest BCUT2D eigenvalue weighted by Crippen LogP contribution is -2.39. The van der Waals surface area contributed by atoms with Crippen LogP contribution in [0.4, 0.5) is 0 Å². The molecule has 8 heteroatoms. The second-order valence-electron chi connectivity index (χ2n) is 7.06. The molecule has 164 valence electrons. The molecule has 0 aromatic heterocycles. The van der Waals surface area contributed by atoms with Gasteiger partial charge in [0.15, 0.2) is 0 Å². The van der Waals surface area contributed by atoms with Gasteiger partial charge in [-0.3, -0.25) is 19.3 Å². The molecule has 0 heterocycles. The van der Waals surface area contributed by atoms with Crippen LogP contribution in [0.1, 0.15) is 61.9 Å². The molecule has 0 aliphatic carbocycles. The molecule has 1 unspecified atom stereocenters. The van der Waals surface area contributed by atoms with Gasteiger partial charge in [0.2, 0.25) is 5.91 Å². The second kappa shape index (κ2) is 15.0. The van der Waals surface area contributed by atoms with E-state index >= 15 is 0 Å². The monoisotopic (exact) mass is 427 g/mol. The van der Waals surface area contributed by atoms with Crippen LogP contribution in [-0.2, 0) is 16.1 Å². The van der Waals surface area contributed by atoms with Gasteiger partial charge >= 0.3 is 0 Å². The maximum absolute atomic E-state index is 12.4. The number of hydrogen-bond donors (Lipinski definition) is 3. The number of carbonyl (C=O) groups excluding carboxylic acids is 3. The Morgan fingerprint density at radius 2 is 1.79 bits per heavy atom. The Hall–Kier alpha value is -1.96. The first kappa shape index (κ1) is 27.0. The van der Waals surface area contributed by atoms with Crippen molar-refractivity contribution in [2.24, 2.45) is 11.7 Å². The van der Waals surface area contributed by atoms with Crippen molar-refractivity contribution in [3.8, 4) is 0 Å². The number of aliphatic hydroxyl groups is 1. The van der Waals surface area contributed by atoms with E-state index in [1.165, 1.54) is 0 Å². The van der Waals surface area contributed by atoms with Gasteiger partial charge in [-0.05, 0) is 36.5 Å². The Bertz CT molecular complexity index is 637.